The van der Waals surface area contributed by atoms with Crippen molar-refractivity contribution in [2.45, 2.75) is 26.4 Å². The molecule has 0 fully saturated rings. The van der Waals surface area contributed by atoms with Gasteiger partial charge in [-0.15, -0.1) is 0 Å². The molecule has 1 atom stereocenters. The molecule has 2 aromatic carbocycles. The average molecular weight is 531 g/mol. The van der Waals surface area contributed by atoms with Gasteiger partial charge in [0.05, 0.1) is 11.9 Å². The molecule has 1 unspecified atom stereocenters. The van der Waals surface area contributed by atoms with E-state index in [1.807, 2.05) is 6.92 Å². The molecular formula is C21H25BrClN3O4S. The van der Waals surface area contributed by atoms with Crippen molar-refractivity contribution in [1.29, 1.82) is 0 Å². The molecule has 0 aliphatic heterocycles. The van der Waals surface area contributed by atoms with Gasteiger partial charge in [-0.25, -0.2) is 8.42 Å². The third-order valence-electron chi connectivity index (χ3n) is 4.79. The van der Waals surface area contributed by atoms with Crippen molar-refractivity contribution < 1.29 is 18.0 Å². The number of carbonyl (C=O) groups excluding carboxylic acids is 2. The van der Waals surface area contributed by atoms with Gasteiger partial charge in [0.1, 0.15) is 12.6 Å². The van der Waals surface area contributed by atoms with Crippen molar-refractivity contribution in [2.75, 3.05) is 24.2 Å². The fourth-order valence-corrected chi connectivity index (χ4v) is 4.19. The van der Waals surface area contributed by atoms with Crippen LogP contribution in [0, 0.1) is 6.92 Å². The molecule has 7 nitrogen and oxygen atoms in total. The fourth-order valence-electron chi connectivity index (χ4n) is 2.98. The molecular weight excluding hydrogens is 506 g/mol. The lowest BCUT2D eigenvalue weighted by Crippen LogP contribution is -2.50. The van der Waals surface area contributed by atoms with Crippen LogP contribution in [-0.4, -0.2) is 51.0 Å². The van der Waals surface area contributed by atoms with E-state index < -0.39 is 28.5 Å². The third kappa shape index (κ3) is 6.69. The van der Waals surface area contributed by atoms with Crippen LogP contribution in [-0.2, 0) is 26.2 Å². The molecule has 1 N–H and O–H groups in total. The summed E-state index contributed by atoms with van der Waals surface area (Å²) in [6, 6.07) is 11.1. The quantitative estimate of drug-likeness (QED) is 0.567. The van der Waals surface area contributed by atoms with E-state index in [2.05, 4.69) is 21.2 Å². The first kappa shape index (κ1) is 25.2. The van der Waals surface area contributed by atoms with Crippen molar-refractivity contribution in [3.8, 4) is 0 Å². The van der Waals surface area contributed by atoms with Crippen LogP contribution >= 0.6 is 27.5 Å². The molecule has 0 aliphatic carbocycles. The number of halogens is 2. The van der Waals surface area contributed by atoms with E-state index in [0.717, 1.165) is 26.2 Å². The fraction of sp³-hybridized carbons (Fsp3) is 0.333. The van der Waals surface area contributed by atoms with E-state index in [4.69, 9.17) is 11.6 Å². The number of rotatable bonds is 8. The van der Waals surface area contributed by atoms with E-state index in [9.17, 15) is 18.0 Å². The SMILES string of the molecule is CNC(=O)C(C)N(Cc1ccc(Cl)cc1)C(=O)CN(c1ccc(Br)c(C)c1)S(C)(=O)=O. The van der Waals surface area contributed by atoms with Gasteiger partial charge in [-0.3, -0.25) is 13.9 Å². The summed E-state index contributed by atoms with van der Waals surface area (Å²) in [6.07, 6.45) is 1.05. The zero-order valence-corrected chi connectivity index (χ0v) is 20.9. The molecule has 0 saturated heterocycles. The molecule has 0 spiro atoms. The Bertz CT molecular complexity index is 1060. The molecule has 168 valence electrons. The molecule has 0 aliphatic rings. The maximum absolute atomic E-state index is 13.3. The van der Waals surface area contributed by atoms with Gasteiger partial charge in [0, 0.05) is 23.1 Å². The van der Waals surface area contributed by atoms with Crippen molar-refractivity contribution in [2.24, 2.45) is 0 Å². The number of hydrogen-bond acceptors (Lipinski definition) is 4. The Morgan fingerprint density at radius 3 is 2.29 bits per heavy atom. The minimum absolute atomic E-state index is 0.127. The van der Waals surface area contributed by atoms with Gasteiger partial charge < -0.3 is 10.2 Å². The van der Waals surface area contributed by atoms with Gasteiger partial charge in [0.25, 0.3) is 0 Å². The lowest BCUT2D eigenvalue weighted by Gasteiger charge is -2.31. The second-order valence-corrected chi connectivity index (χ2v) is 10.3. The van der Waals surface area contributed by atoms with E-state index in [-0.39, 0.29) is 12.5 Å². The summed E-state index contributed by atoms with van der Waals surface area (Å²) in [5, 5.41) is 3.08. The number of anilines is 1. The number of nitrogens with zero attached hydrogens (tertiary/aromatic N) is 2. The Hall–Kier alpha value is -2.10. The number of carbonyl (C=O) groups is 2. The Labute approximate surface area is 196 Å². The molecule has 10 heteroatoms. The van der Waals surface area contributed by atoms with Crippen LogP contribution in [0.25, 0.3) is 0 Å². The summed E-state index contributed by atoms with van der Waals surface area (Å²) < 4.78 is 26.9. The monoisotopic (exact) mass is 529 g/mol. The maximum atomic E-state index is 13.3. The molecule has 0 saturated carbocycles. The number of aryl methyl sites for hydroxylation is 1. The first-order valence-electron chi connectivity index (χ1n) is 9.43. The summed E-state index contributed by atoms with van der Waals surface area (Å²) in [5.74, 6) is -0.857. The predicted octanol–water partition coefficient (Wildman–Crippen LogP) is 3.34. The summed E-state index contributed by atoms with van der Waals surface area (Å²) in [7, 11) is -2.27. The smallest absolute Gasteiger partial charge is 0.244 e. The highest BCUT2D eigenvalue weighted by Crippen LogP contribution is 2.25. The molecule has 31 heavy (non-hydrogen) atoms. The molecule has 0 bridgehead atoms. The van der Waals surface area contributed by atoms with Crippen molar-refractivity contribution >= 4 is 55.1 Å². The largest absolute Gasteiger partial charge is 0.357 e. The number of amides is 2. The van der Waals surface area contributed by atoms with Crippen molar-refractivity contribution in [3.63, 3.8) is 0 Å². The lowest BCUT2D eigenvalue weighted by molar-refractivity contribution is -0.139. The second-order valence-electron chi connectivity index (χ2n) is 7.14. The van der Waals surface area contributed by atoms with Gasteiger partial charge in [-0.2, -0.15) is 0 Å². The van der Waals surface area contributed by atoms with E-state index in [0.29, 0.717) is 10.7 Å². The molecule has 0 radical (unpaired) electrons. The number of likely N-dealkylation sites (N-methyl/N-ethyl adjacent to an activating group) is 1. The number of sulfonamides is 1. The first-order valence-corrected chi connectivity index (χ1v) is 12.5. The van der Waals surface area contributed by atoms with Crippen LogP contribution in [0.3, 0.4) is 0 Å². The summed E-state index contributed by atoms with van der Waals surface area (Å²) in [6.45, 7) is 3.12. The van der Waals surface area contributed by atoms with Crippen LogP contribution in [0.15, 0.2) is 46.9 Å². The predicted molar refractivity (Wildman–Crippen MR) is 127 cm³/mol. The molecule has 2 aromatic rings. The average Bonchev–Trinajstić information content (AvgIpc) is 2.71. The molecule has 2 rings (SSSR count). The normalized spacial score (nSPS) is 12.2. The van der Waals surface area contributed by atoms with Crippen LogP contribution < -0.4 is 9.62 Å². The number of nitrogens with one attached hydrogen (secondary N) is 1. The number of benzene rings is 2. The summed E-state index contributed by atoms with van der Waals surface area (Å²) in [4.78, 5) is 26.9. The third-order valence-corrected chi connectivity index (χ3v) is 7.07. The van der Waals surface area contributed by atoms with Gasteiger partial charge in [-0.05, 0) is 55.3 Å². The van der Waals surface area contributed by atoms with E-state index >= 15 is 0 Å². The minimum atomic E-state index is -3.75. The topological polar surface area (TPSA) is 86.8 Å². The van der Waals surface area contributed by atoms with Gasteiger partial charge in [0.15, 0.2) is 0 Å². The lowest BCUT2D eigenvalue weighted by atomic mass is 10.1. The molecule has 2 amide bonds. The zero-order valence-electron chi connectivity index (χ0n) is 17.7. The minimum Gasteiger partial charge on any atom is -0.357 e. The Morgan fingerprint density at radius 2 is 1.77 bits per heavy atom. The van der Waals surface area contributed by atoms with Gasteiger partial charge in [-0.1, -0.05) is 39.7 Å². The van der Waals surface area contributed by atoms with Crippen LogP contribution in [0.1, 0.15) is 18.1 Å². The van der Waals surface area contributed by atoms with Crippen LogP contribution in [0.2, 0.25) is 5.02 Å². The Balaban J connectivity index is 2.39. The first-order chi connectivity index (χ1) is 14.4. The van der Waals surface area contributed by atoms with Crippen LogP contribution in [0.4, 0.5) is 5.69 Å². The standard InChI is InChI=1S/C21H25BrClN3O4S/c1-14-11-18(9-10-19(14)22)26(31(4,29)30)13-20(27)25(15(2)21(28)24-3)12-16-5-7-17(23)8-6-16/h5-11,15H,12-13H2,1-4H3,(H,24,28). The van der Waals surface area contributed by atoms with E-state index in [1.54, 1.807) is 49.4 Å². The number of hydrogen-bond donors (Lipinski definition) is 1. The highest BCUT2D eigenvalue weighted by Gasteiger charge is 2.29. The Morgan fingerprint density at radius 1 is 1.16 bits per heavy atom. The van der Waals surface area contributed by atoms with Gasteiger partial charge in [0.2, 0.25) is 21.8 Å². The van der Waals surface area contributed by atoms with Crippen molar-refractivity contribution in [3.05, 3.63) is 63.1 Å². The van der Waals surface area contributed by atoms with Crippen LogP contribution in [0.5, 0.6) is 0 Å². The Kier molecular flexibility index (Phi) is 8.50. The molecule has 0 aromatic heterocycles. The maximum Gasteiger partial charge on any atom is 0.244 e. The highest BCUT2D eigenvalue weighted by molar-refractivity contribution is 9.10. The summed E-state index contributed by atoms with van der Waals surface area (Å²) in [5.41, 5.74) is 1.96. The van der Waals surface area contributed by atoms with Gasteiger partial charge >= 0.3 is 0 Å². The second kappa shape index (κ2) is 10.5. The summed E-state index contributed by atoms with van der Waals surface area (Å²) >= 11 is 9.33. The van der Waals surface area contributed by atoms with Crippen molar-refractivity contribution in [1.82, 2.24) is 10.2 Å². The highest BCUT2D eigenvalue weighted by atomic mass is 79.9. The molecule has 0 heterocycles. The van der Waals surface area contributed by atoms with E-state index in [1.165, 1.54) is 11.9 Å². The zero-order chi connectivity index (χ0) is 23.3.